The fourth-order valence-electron chi connectivity index (χ4n) is 1.69. The number of imidazole rings is 1. The van der Waals surface area contributed by atoms with Crippen molar-refractivity contribution >= 4 is 17.1 Å². The minimum Gasteiger partial charge on any atom is -0.481 e. The van der Waals surface area contributed by atoms with Gasteiger partial charge in [-0.2, -0.15) is 0 Å². The minimum atomic E-state index is -0.776. The van der Waals surface area contributed by atoms with Crippen LogP contribution in [0.3, 0.4) is 0 Å². The van der Waals surface area contributed by atoms with E-state index in [4.69, 9.17) is 5.11 Å². The Kier molecular flexibility index (Phi) is 2.85. The Morgan fingerprint density at radius 2 is 2.44 bits per heavy atom. The van der Waals surface area contributed by atoms with E-state index in [1.165, 1.54) is 0 Å². The Morgan fingerprint density at radius 1 is 1.62 bits per heavy atom. The first-order chi connectivity index (χ1) is 7.65. The quantitative estimate of drug-likeness (QED) is 0.818. The van der Waals surface area contributed by atoms with E-state index in [9.17, 15) is 4.79 Å². The normalized spacial score (nSPS) is 12.8. The number of aromatic nitrogens is 3. The first kappa shape index (κ1) is 10.6. The molecule has 0 aliphatic rings. The molecule has 84 valence electrons. The molecular formula is C11H13N3O2. The fourth-order valence-corrected chi connectivity index (χ4v) is 1.69. The third-order valence-electron chi connectivity index (χ3n) is 2.37. The Morgan fingerprint density at radius 3 is 3.12 bits per heavy atom. The van der Waals surface area contributed by atoms with Crippen LogP contribution in [0.2, 0.25) is 0 Å². The number of fused-ring (bicyclic) bond motifs is 1. The van der Waals surface area contributed by atoms with E-state index >= 15 is 0 Å². The number of hydrogen-bond donors (Lipinski definition) is 2. The van der Waals surface area contributed by atoms with Gasteiger partial charge in [0, 0.05) is 19.0 Å². The molecule has 0 aliphatic carbocycles. The molecule has 0 saturated heterocycles. The Labute approximate surface area is 92.5 Å². The lowest BCUT2D eigenvalue weighted by atomic mass is 10.0. The molecule has 0 bridgehead atoms. The van der Waals surface area contributed by atoms with E-state index in [1.807, 2.05) is 19.1 Å². The van der Waals surface area contributed by atoms with Crippen molar-refractivity contribution in [3.05, 3.63) is 24.2 Å². The zero-order valence-corrected chi connectivity index (χ0v) is 8.97. The monoisotopic (exact) mass is 219 g/mol. The molecule has 0 fully saturated rings. The Bertz CT molecular complexity index is 474. The van der Waals surface area contributed by atoms with Gasteiger partial charge in [0.25, 0.3) is 0 Å². The summed E-state index contributed by atoms with van der Waals surface area (Å²) in [5.74, 6) is 0.0854. The van der Waals surface area contributed by atoms with Crippen LogP contribution in [0.1, 0.15) is 19.2 Å². The number of pyridine rings is 1. The van der Waals surface area contributed by atoms with Crippen LogP contribution in [0.25, 0.3) is 11.2 Å². The van der Waals surface area contributed by atoms with Gasteiger partial charge in [-0.3, -0.25) is 4.79 Å². The molecule has 0 aliphatic heterocycles. The number of rotatable bonds is 4. The van der Waals surface area contributed by atoms with E-state index in [-0.39, 0.29) is 12.3 Å². The van der Waals surface area contributed by atoms with E-state index in [2.05, 4.69) is 15.0 Å². The molecule has 0 amide bonds. The zero-order chi connectivity index (χ0) is 11.5. The number of carboxylic acids is 1. The van der Waals surface area contributed by atoms with Crippen molar-refractivity contribution in [2.45, 2.75) is 19.8 Å². The number of carbonyl (C=O) groups is 1. The van der Waals surface area contributed by atoms with E-state index in [0.717, 1.165) is 11.3 Å². The molecule has 2 heterocycles. The van der Waals surface area contributed by atoms with E-state index in [0.29, 0.717) is 12.1 Å². The largest absolute Gasteiger partial charge is 0.481 e. The van der Waals surface area contributed by atoms with Crippen molar-refractivity contribution in [3.8, 4) is 0 Å². The SMILES string of the molecule is CC(CC(=O)O)Cc1nc2ncccc2[nH]1. The maximum atomic E-state index is 10.5. The predicted octanol–water partition coefficient (Wildman–Crippen LogP) is 1.61. The van der Waals surface area contributed by atoms with Gasteiger partial charge >= 0.3 is 5.97 Å². The maximum absolute atomic E-state index is 10.5. The van der Waals surface area contributed by atoms with Crippen LogP contribution in [0.5, 0.6) is 0 Å². The lowest BCUT2D eigenvalue weighted by Gasteiger charge is -2.04. The summed E-state index contributed by atoms with van der Waals surface area (Å²) in [6, 6.07) is 3.74. The molecule has 2 aromatic heterocycles. The highest BCUT2D eigenvalue weighted by molar-refractivity contribution is 5.70. The summed E-state index contributed by atoms with van der Waals surface area (Å²) < 4.78 is 0. The molecule has 0 spiro atoms. The van der Waals surface area contributed by atoms with Gasteiger partial charge in [-0.1, -0.05) is 6.92 Å². The standard InChI is InChI=1S/C11H13N3O2/c1-7(6-10(15)16)5-9-13-8-3-2-4-12-11(8)14-9/h2-4,7H,5-6H2,1H3,(H,15,16)(H,12,13,14). The van der Waals surface area contributed by atoms with Crippen molar-refractivity contribution in [3.63, 3.8) is 0 Å². The van der Waals surface area contributed by atoms with Crippen LogP contribution in [0, 0.1) is 5.92 Å². The van der Waals surface area contributed by atoms with Gasteiger partial charge in [0.15, 0.2) is 5.65 Å². The van der Waals surface area contributed by atoms with Crippen molar-refractivity contribution in [1.29, 1.82) is 0 Å². The zero-order valence-electron chi connectivity index (χ0n) is 8.97. The average molecular weight is 219 g/mol. The highest BCUT2D eigenvalue weighted by atomic mass is 16.4. The van der Waals surface area contributed by atoms with Gasteiger partial charge in [0.2, 0.25) is 0 Å². The second-order valence-corrected chi connectivity index (χ2v) is 3.97. The molecule has 2 aromatic rings. The van der Waals surface area contributed by atoms with E-state index in [1.54, 1.807) is 6.20 Å². The second-order valence-electron chi connectivity index (χ2n) is 3.97. The van der Waals surface area contributed by atoms with Gasteiger partial charge in [-0.15, -0.1) is 0 Å². The van der Waals surface area contributed by atoms with Crippen molar-refractivity contribution in [2.24, 2.45) is 5.92 Å². The van der Waals surface area contributed by atoms with Crippen LogP contribution >= 0.6 is 0 Å². The van der Waals surface area contributed by atoms with Crippen LogP contribution in [0.15, 0.2) is 18.3 Å². The summed E-state index contributed by atoms with van der Waals surface area (Å²) in [6.45, 7) is 1.90. The van der Waals surface area contributed by atoms with E-state index < -0.39 is 5.97 Å². The van der Waals surface area contributed by atoms with Crippen molar-refractivity contribution < 1.29 is 9.90 Å². The maximum Gasteiger partial charge on any atom is 0.303 e. The van der Waals surface area contributed by atoms with Gasteiger partial charge < -0.3 is 10.1 Å². The summed E-state index contributed by atoms with van der Waals surface area (Å²) in [4.78, 5) is 22.1. The van der Waals surface area contributed by atoms with Gasteiger partial charge in [-0.05, 0) is 18.1 Å². The lowest BCUT2D eigenvalue weighted by molar-refractivity contribution is -0.137. The second kappa shape index (κ2) is 4.30. The number of H-pyrrole nitrogens is 1. The van der Waals surface area contributed by atoms with Gasteiger partial charge in [0.1, 0.15) is 5.82 Å². The topological polar surface area (TPSA) is 78.9 Å². The van der Waals surface area contributed by atoms with Crippen molar-refractivity contribution in [2.75, 3.05) is 0 Å². The summed E-state index contributed by atoms with van der Waals surface area (Å²) in [7, 11) is 0. The van der Waals surface area contributed by atoms with Gasteiger partial charge in [-0.25, -0.2) is 9.97 Å². The van der Waals surface area contributed by atoms with Gasteiger partial charge in [0.05, 0.1) is 5.52 Å². The molecule has 2 rings (SSSR count). The summed E-state index contributed by atoms with van der Waals surface area (Å²) in [5, 5.41) is 8.66. The average Bonchev–Trinajstić information content (AvgIpc) is 2.57. The number of aromatic amines is 1. The molecule has 5 heteroatoms. The smallest absolute Gasteiger partial charge is 0.303 e. The number of nitrogens with zero attached hydrogens (tertiary/aromatic N) is 2. The molecular weight excluding hydrogens is 206 g/mol. The summed E-state index contributed by atoms with van der Waals surface area (Å²) in [5.41, 5.74) is 1.57. The summed E-state index contributed by atoms with van der Waals surface area (Å²) >= 11 is 0. The first-order valence-corrected chi connectivity index (χ1v) is 5.16. The molecule has 1 atom stereocenters. The minimum absolute atomic E-state index is 0.0677. The molecule has 0 aromatic carbocycles. The molecule has 1 unspecified atom stereocenters. The summed E-state index contributed by atoms with van der Waals surface area (Å²) in [6.07, 6.45) is 2.47. The Balaban J connectivity index is 2.12. The highest BCUT2D eigenvalue weighted by Gasteiger charge is 2.11. The fraction of sp³-hybridized carbons (Fsp3) is 0.364. The number of carboxylic acid groups (broad SMARTS) is 1. The van der Waals surface area contributed by atoms with Crippen LogP contribution in [-0.2, 0) is 11.2 Å². The molecule has 5 nitrogen and oxygen atoms in total. The molecule has 16 heavy (non-hydrogen) atoms. The highest BCUT2D eigenvalue weighted by Crippen LogP contribution is 2.13. The number of aliphatic carboxylic acids is 1. The number of hydrogen-bond acceptors (Lipinski definition) is 3. The third-order valence-corrected chi connectivity index (χ3v) is 2.37. The molecule has 2 N–H and O–H groups in total. The van der Waals surface area contributed by atoms with Crippen LogP contribution < -0.4 is 0 Å². The van der Waals surface area contributed by atoms with Crippen molar-refractivity contribution in [1.82, 2.24) is 15.0 Å². The molecule has 0 radical (unpaired) electrons. The molecule has 0 saturated carbocycles. The van der Waals surface area contributed by atoms with Crippen LogP contribution in [-0.4, -0.2) is 26.0 Å². The lowest BCUT2D eigenvalue weighted by Crippen LogP contribution is -2.07. The first-order valence-electron chi connectivity index (χ1n) is 5.16. The third kappa shape index (κ3) is 2.36. The Hall–Kier alpha value is -1.91. The number of nitrogens with one attached hydrogen (secondary N) is 1. The predicted molar refractivity (Wildman–Crippen MR) is 59.0 cm³/mol. The van der Waals surface area contributed by atoms with Crippen LogP contribution in [0.4, 0.5) is 0 Å².